The Morgan fingerprint density at radius 1 is 1.19 bits per heavy atom. The number of benzene rings is 1. The van der Waals surface area contributed by atoms with Crippen LogP contribution < -0.4 is 5.32 Å². The Hall–Kier alpha value is -3.92. The molecule has 0 fully saturated rings. The number of nitrogens with one attached hydrogen (secondary N) is 1. The van der Waals surface area contributed by atoms with Crippen LogP contribution >= 0.6 is 0 Å². The first-order valence-electron chi connectivity index (χ1n) is 7.92. The minimum Gasteiger partial charge on any atom is -0.465 e. The first-order chi connectivity index (χ1) is 13.0. The normalized spacial score (nSPS) is 15.5. The molecule has 1 aromatic heterocycles. The van der Waals surface area contributed by atoms with E-state index in [1.54, 1.807) is 42.5 Å². The third kappa shape index (κ3) is 3.28. The summed E-state index contributed by atoms with van der Waals surface area (Å²) < 4.78 is 10.5. The molecule has 3 rings (SSSR count). The molecule has 7 heteroatoms. The Morgan fingerprint density at radius 3 is 2.63 bits per heavy atom. The zero-order valence-corrected chi connectivity index (χ0v) is 14.5. The average molecular weight is 362 g/mol. The van der Waals surface area contributed by atoms with Gasteiger partial charge >= 0.3 is 5.97 Å². The van der Waals surface area contributed by atoms with Crippen LogP contribution in [0.5, 0.6) is 0 Å². The molecular formula is C20H14N2O5. The summed E-state index contributed by atoms with van der Waals surface area (Å²) >= 11 is 0. The van der Waals surface area contributed by atoms with E-state index in [0.29, 0.717) is 22.6 Å². The summed E-state index contributed by atoms with van der Waals surface area (Å²) in [6, 6.07) is 11.9. The van der Waals surface area contributed by atoms with E-state index >= 15 is 0 Å². The molecule has 0 spiro atoms. The molecule has 7 nitrogen and oxygen atoms in total. The molecule has 2 heterocycles. The molecule has 1 N–H and O–H groups in total. The molecule has 0 radical (unpaired) electrons. The van der Waals surface area contributed by atoms with Gasteiger partial charge in [-0.15, -0.1) is 0 Å². The topological polar surface area (TPSA) is 109 Å². The lowest BCUT2D eigenvalue weighted by atomic mass is 9.96. The monoisotopic (exact) mass is 362 g/mol. The maximum atomic E-state index is 12.1. The number of carbonyl (C=O) groups excluding carboxylic acids is 3. The van der Waals surface area contributed by atoms with Gasteiger partial charge in [0.1, 0.15) is 23.2 Å². The zero-order chi connectivity index (χ0) is 19.6. The molecule has 0 bridgehead atoms. The third-order valence-electron chi connectivity index (χ3n) is 4.10. The van der Waals surface area contributed by atoms with Gasteiger partial charge in [0.15, 0.2) is 0 Å². The Balaban J connectivity index is 2.03. The van der Waals surface area contributed by atoms with E-state index in [1.807, 2.05) is 0 Å². The van der Waals surface area contributed by atoms with Crippen LogP contribution in [-0.2, 0) is 14.3 Å². The predicted octanol–water partition coefficient (Wildman–Crippen LogP) is 2.61. The molecule has 134 valence electrons. The van der Waals surface area contributed by atoms with Crippen molar-refractivity contribution in [2.75, 3.05) is 7.11 Å². The Labute approximate surface area is 154 Å². The maximum absolute atomic E-state index is 12.1. The van der Waals surface area contributed by atoms with E-state index in [0.717, 1.165) is 0 Å². The fraction of sp³-hybridized carbons (Fsp3) is 0.100. The van der Waals surface area contributed by atoms with E-state index in [9.17, 15) is 14.4 Å². The molecule has 0 aliphatic carbocycles. The van der Waals surface area contributed by atoms with Crippen LogP contribution in [0, 0.1) is 11.3 Å². The number of esters is 1. The smallest absolute Gasteiger partial charge is 0.338 e. The highest BCUT2D eigenvalue weighted by atomic mass is 16.5. The van der Waals surface area contributed by atoms with Gasteiger partial charge in [0.05, 0.1) is 12.7 Å². The number of rotatable bonds is 3. The van der Waals surface area contributed by atoms with Crippen LogP contribution in [0.15, 0.2) is 57.5 Å². The third-order valence-corrected chi connectivity index (χ3v) is 4.10. The first kappa shape index (κ1) is 17.9. The van der Waals surface area contributed by atoms with Gasteiger partial charge in [-0.2, -0.15) is 5.26 Å². The van der Waals surface area contributed by atoms with Crippen LogP contribution in [0.4, 0.5) is 0 Å². The van der Waals surface area contributed by atoms with E-state index < -0.39 is 17.8 Å². The number of methoxy groups -OCH3 is 1. The highest BCUT2D eigenvalue weighted by Gasteiger charge is 2.27. The second-order valence-corrected chi connectivity index (χ2v) is 5.69. The molecule has 27 heavy (non-hydrogen) atoms. The summed E-state index contributed by atoms with van der Waals surface area (Å²) in [5.74, 6) is -1.07. The number of furan rings is 1. The van der Waals surface area contributed by atoms with Crippen molar-refractivity contribution in [2.45, 2.75) is 6.92 Å². The number of amides is 2. The lowest BCUT2D eigenvalue weighted by molar-refractivity contribution is -0.126. The molecule has 1 aliphatic heterocycles. The molecule has 2 aromatic rings. The highest BCUT2D eigenvalue weighted by molar-refractivity contribution is 6.19. The predicted molar refractivity (Wildman–Crippen MR) is 94.9 cm³/mol. The average Bonchev–Trinajstić information content (AvgIpc) is 3.13. The van der Waals surface area contributed by atoms with Gasteiger partial charge in [0, 0.05) is 11.1 Å². The van der Waals surface area contributed by atoms with Crippen molar-refractivity contribution in [2.24, 2.45) is 0 Å². The van der Waals surface area contributed by atoms with Crippen molar-refractivity contribution >= 4 is 23.9 Å². The number of hydrogen-bond acceptors (Lipinski definition) is 6. The second-order valence-electron chi connectivity index (χ2n) is 5.69. The second kappa shape index (κ2) is 7.14. The molecule has 0 saturated heterocycles. The van der Waals surface area contributed by atoms with Crippen molar-refractivity contribution in [1.82, 2.24) is 5.32 Å². The van der Waals surface area contributed by atoms with E-state index in [2.05, 4.69) is 5.32 Å². The van der Waals surface area contributed by atoms with Gasteiger partial charge in [-0.1, -0.05) is 18.2 Å². The minimum atomic E-state index is -0.718. The largest absolute Gasteiger partial charge is 0.465 e. The maximum Gasteiger partial charge on any atom is 0.338 e. The minimum absolute atomic E-state index is 0.122. The van der Waals surface area contributed by atoms with Gasteiger partial charge in [0.25, 0.3) is 11.8 Å². The Morgan fingerprint density at radius 2 is 1.93 bits per heavy atom. The van der Waals surface area contributed by atoms with E-state index in [1.165, 1.54) is 20.1 Å². The Kier molecular flexibility index (Phi) is 4.73. The summed E-state index contributed by atoms with van der Waals surface area (Å²) in [4.78, 5) is 35.7. The summed E-state index contributed by atoms with van der Waals surface area (Å²) in [6.07, 6.45) is 1.44. The first-order valence-corrected chi connectivity index (χ1v) is 7.92. The summed E-state index contributed by atoms with van der Waals surface area (Å²) in [6.45, 7) is 1.53. The van der Waals surface area contributed by atoms with Gasteiger partial charge in [0.2, 0.25) is 0 Å². The van der Waals surface area contributed by atoms with Crippen molar-refractivity contribution in [3.8, 4) is 17.4 Å². The van der Waals surface area contributed by atoms with E-state index in [-0.39, 0.29) is 16.7 Å². The van der Waals surface area contributed by atoms with Gasteiger partial charge < -0.3 is 9.15 Å². The summed E-state index contributed by atoms with van der Waals surface area (Å²) in [5, 5.41) is 11.2. The van der Waals surface area contributed by atoms with Crippen molar-refractivity contribution in [3.63, 3.8) is 0 Å². The van der Waals surface area contributed by atoms with Crippen LogP contribution in [0.3, 0.4) is 0 Å². The van der Waals surface area contributed by atoms with Gasteiger partial charge in [-0.3, -0.25) is 14.9 Å². The van der Waals surface area contributed by atoms with Crippen LogP contribution in [-0.4, -0.2) is 24.9 Å². The molecule has 0 saturated carbocycles. The standard InChI is InChI=1S/C20H14N2O5/c1-11-15(18(23)22-19(24)16(11)10-21)9-12-7-8-17(27-12)13-5-3-4-6-14(13)20(25)26-2/h3-9H,1-2H3,(H,22,23,24)/b15-9-. The number of imide groups is 1. The lowest BCUT2D eigenvalue weighted by Gasteiger charge is -2.15. The van der Waals surface area contributed by atoms with Crippen LogP contribution in [0.25, 0.3) is 17.4 Å². The summed E-state index contributed by atoms with van der Waals surface area (Å²) in [5.41, 5.74) is 1.20. The summed E-state index contributed by atoms with van der Waals surface area (Å²) in [7, 11) is 1.29. The number of ether oxygens (including phenoxy) is 1. The molecule has 2 amide bonds. The van der Waals surface area contributed by atoms with Gasteiger partial charge in [-0.05, 0) is 36.8 Å². The Bertz CT molecular complexity index is 1070. The molecular weight excluding hydrogens is 348 g/mol. The molecule has 0 atom stereocenters. The number of hydrogen-bond donors (Lipinski definition) is 1. The number of carbonyl (C=O) groups is 3. The van der Waals surface area contributed by atoms with Crippen LogP contribution in [0.2, 0.25) is 0 Å². The quantitative estimate of drug-likeness (QED) is 0.511. The van der Waals surface area contributed by atoms with Crippen molar-refractivity contribution < 1.29 is 23.5 Å². The lowest BCUT2D eigenvalue weighted by Crippen LogP contribution is -2.37. The van der Waals surface area contributed by atoms with Crippen molar-refractivity contribution in [3.05, 3.63) is 64.4 Å². The fourth-order valence-electron chi connectivity index (χ4n) is 2.72. The number of nitrogens with zero attached hydrogens (tertiary/aromatic N) is 1. The molecule has 1 aromatic carbocycles. The van der Waals surface area contributed by atoms with Crippen molar-refractivity contribution in [1.29, 1.82) is 5.26 Å². The van der Waals surface area contributed by atoms with Gasteiger partial charge in [-0.25, -0.2) is 4.79 Å². The zero-order valence-electron chi connectivity index (χ0n) is 14.5. The molecule has 1 aliphatic rings. The van der Waals surface area contributed by atoms with E-state index in [4.69, 9.17) is 14.4 Å². The highest BCUT2D eigenvalue weighted by Crippen LogP contribution is 2.29. The van der Waals surface area contributed by atoms with Crippen LogP contribution in [0.1, 0.15) is 23.0 Å². The molecule has 0 unspecified atom stereocenters. The number of nitriles is 1. The SMILES string of the molecule is COC(=O)c1ccccc1-c1ccc(/C=C2\C(=O)NC(=O)C(C#N)=C2C)o1. The fourth-order valence-corrected chi connectivity index (χ4v) is 2.72.